The normalized spacial score (nSPS) is 18.3. The van der Waals surface area contributed by atoms with Gasteiger partial charge in [0, 0.05) is 38.4 Å². The Balaban J connectivity index is 1.27. The van der Waals surface area contributed by atoms with Crippen molar-refractivity contribution in [1.29, 1.82) is 0 Å². The van der Waals surface area contributed by atoms with Gasteiger partial charge in [-0.25, -0.2) is 0 Å². The van der Waals surface area contributed by atoms with Crippen molar-refractivity contribution in [2.75, 3.05) is 39.3 Å². The number of nitrogens with zero attached hydrogens (tertiary/aromatic N) is 3. The monoisotopic (exact) mass is 419 g/mol. The molecule has 31 heavy (non-hydrogen) atoms. The quantitative estimate of drug-likeness (QED) is 0.636. The van der Waals surface area contributed by atoms with Crippen LogP contribution in [0.4, 0.5) is 0 Å². The molecule has 4 rings (SSSR count). The third-order valence-electron chi connectivity index (χ3n) is 6.11. The van der Waals surface area contributed by atoms with Gasteiger partial charge < -0.3 is 9.32 Å². The lowest BCUT2D eigenvalue weighted by Crippen LogP contribution is -2.49. The van der Waals surface area contributed by atoms with Crippen LogP contribution < -0.4 is 0 Å². The molecule has 1 aromatic carbocycles. The zero-order chi connectivity index (χ0) is 21.3. The van der Waals surface area contributed by atoms with E-state index in [1.54, 1.807) is 6.26 Å². The van der Waals surface area contributed by atoms with Crippen LogP contribution in [0.25, 0.3) is 6.08 Å². The van der Waals surface area contributed by atoms with E-state index in [4.69, 9.17) is 4.42 Å². The predicted molar refractivity (Wildman–Crippen MR) is 124 cm³/mol. The molecule has 0 unspecified atom stereocenters. The van der Waals surface area contributed by atoms with Crippen LogP contribution in [0.15, 0.2) is 71.0 Å². The fraction of sp³-hybridized carbons (Fsp3) is 0.423. The second-order valence-corrected chi connectivity index (χ2v) is 8.39. The Labute approximate surface area is 185 Å². The molecule has 2 aliphatic rings. The van der Waals surface area contributed by atoms with Crippen LogP contribution in [-0.2, 0) is 11.3 Å². The van der Waals surface area contributed by atoms with E-state index in [-0.39, 0.29) is 5.91 Å². The Morgan fingerprint density at radius 3 is 2.52 bits per heavy atom. The summed E-state index contributed by atoms with van der Waals surface area (Å²) < 4.78 is 5.53. The summed E-state index contributed by atoms with van der Waals surface area (Å²) in [5, 5.41) is 0. The SMILES string of the molecule is O=C(CN1CCN(CC=Cc2ccccc2)CC1)N(Cc1ccco1)C1=CCCCC1. The number of amides is 1. The Morgan fingerprint density at radius 2 is 1.81 bits per heavy atom. The minimum Gasteiger partial charge on any atom is -0.467 e. The van der Waals surface area contributed by atoms with Crippen molar-refractivity contribution >= 4 is 12.0 Å². The van der Waals surface area contributed by atoms with Gasteiger partial charge in [0.1, 0.15) is 5.76 Å². The van der Waals surface area contributed by atoms with Crippen molar-refractivity contribution in [1.82, 2.24) is 14.7 Å². The highest BCUT2D eigenvalue weighted by molar-refractivity contribution is 5.80. The molecule has 164 valence electrons. The summed E-state index contributed by atoms with van der Waals surface area (Å²) in [4.78, 5) is 19.9. The van der Waals surface area contributed by atoms with Crippen molar-refractivity contribution in [3.8, 4) is 0 Å². The Bertz CT molecular complexity index is 865. The van der Waals surface area contributed by atoms with Crippen molar-refractivity contribution < 1.29 is 9.21 Å². The molecular weight excluding hydrogens is 386 g/mol. The number of carbonyl (C=O) groups excluding carboxylic acids is 1. The van der Waals surface area contributed by atoms with Gasteiger partial charge >= 0.3 is 0 Å². The first-order chi connectivity index (χ1) is 15.3. The van der Waals surface area contributed by atoms with Gasteiger partial charge in [0.15, 0.2) is 0 Å². The maximum Gasteiger partial charge on any atom is 0.241 e. The van der Waals surface area contributed by atoms with Gasteiger partial charge in [0.05, 0.1) is 19.4 Å². The van der Waals surface area contributed by atoms with E-state index in [1.165, 1.54) is 12.0 Å². The third-order valence-corrected chi connectivity index (χ3v) is 6.11. The molecule has 5 nitrogen and oxygen atoms in total. The highest BCUT2D eigenvalue weighted by atomic mass is 16.3. The van der Waals surface area contributed by atoms with Gasteiger partial charge in [0.25, 0.3) is 0 Å². The summed E-state index contributed by atoms with van der Waals surface area (Å²) in [5.41, 5.74) is 2.40. The van der Waals surface area contributed by atoms with E-state index in [9.17, 15) is 4.79 Å². The molecule has 0 bridgehead atoms. The number of allylic oxidation sites excluding steroid dienone is 2. The zero-order valence-corrected chi connectivity index (χ0v) is 18.3. The molecule has 0 saturated carbocycles. The summed E-state index contributed by atoms with van der Waals surface area (Å²) in [6, 6.07) is 14.2. The molecule has 0 N–H and O–H groups in total. The number of furan rings is 1. The van der Waals surface area contributed by atoms with E-state index < -0.39 is 0 Å². The van der Waals surface area contributed by atoms with Gasteiger partial charge in [-0.05, 0) is 43.4 Å². The zero-order valence-electron chi connectivity index (χ0n) is 18.3. The van der Waals surface area contributed by atoms with Crippen LogP contribution >= 0.6 is 0 Å². The molecule has 1 aliphatic carbocycles. The van der Waals surface area contributed by atoms with Crippen LogP contribution in [0.5, 0.6) is 0 Å². The van der Waals surface area contributed by atoms with Crippen LogP contribution in [0, 0.1) is 0 Å². The molecule has 5 heteroatoms. The Morgan fingerprint density at radius 1 is 1.00 bits per heavy atom. The first kappa shape index (κ1) is 21.6. The van der Waals surface area contributed by atoms with Crippen LogP contribution in [0.1, 0.15) is 37.0 Å². The van der Waals surface area contributed by atoms with Crippen molar-refractivity contribution in [2.24, 2.45) is 0 Å². The van der Waals surface area contributed by atoms with E-state index in [0.29, 0.717) is 13.1 Å². The molecule has 0 radical (unpaired) electrons. The molecule has 1 amide bonds. The van der Waals surface area contributed by atoms with Crippen molar-refractivity contribution in [2.45, 2.75) is 32.2 Å². The van der Waals surface area contributed by atoms with E-state index in [1.807, 2.05) is 23.1 Å². The van der Waals surface area contributed by atoms with Crippen LogP contribution in [0.2, 0.25) is 0 Å². The summed E-state index contributed by atoms with van der Waals surface area (Å²) in [5.74, 6) is 1.02. The number of hydrogen-bond donors (Lipinski definition) is 0. The topological polar surface area (TPSA) is 39.9 Å². The average molecular weight is 420 g/mol. The maximum atomic E-state index is 13.2. The molecule has 1 saturated heterocycles. The maximum absolute atomic E-state index is 13.2. The smallest absolute Gasteiger partial charge is 0.241 e. The minimum atomic E-state index is 0.182. The highest BCUT2D eigenvalue weighted by Gasteiger charge is 2.24. The Kier molecular flexibility index (Phi) is 7.75. The second kappa shape index (κ2) is 11.1. The molecule has 1 fully saturated rings. The number of carbonyl (C=O) groups is 1. The molecule has 0 spiro atoms. The average Bonchev–Trinajstić information content (AvgIpc) is 3.33. The standard InChI is InChI=1S/C26H33N3O2/c30-26(29(21-25-14-8-20-31-25)24-12-5-2-6-13-24)22-28-18-16-27(17-19-28)15-7-11-23-9-3-1-4-10-23/h1,3-4,7-12,14,20H,2,5-6,13,15-19,21-22H2. The van der Waals surface area contributed by atoms with Crippen molar-refractivity contribution in [3.63, 3.8) is 0 Å². The van der Waals surface area contributed by atoms with Gasteiger partial charge in [-0.1, -0.05) is 48.6 Å². The Hall–Kier alpha value is -2.63. The van der Waals surface area contributed by atoms with Gasteiger partial charge in [-0.2, -0.15) is 0 Å². The van der Waals surface area contributed by atoms with E-state index in [2.05, 4.69) is 52.3 Å². The molecule has 2 aromatic rings. The lowest BCUT2D eigenvalue weighted by molar-refractivity contribution is -0.131. The van der Waals surface area contributed by atoms with Gasteiger partial charge in [0.2, 0.25) is 5.91 Å². The molecule has 1 aromatic heterocycles. The fourth-order valence-electron chi connectivity index (χ4n) is 4.28. The molecule has 2 heterocycles. The molecular formula is C26H33N3O2. The van der Waals surface area contributed by atoms with Gasteiger partial charge in [-0.3, -0.25) is 14.6 Å². The van der Waals surface area contributed by atoms with Crippen LogP contribution in [-0.4, -0.2) is 59.9 Å². The number of rotatable bonds is 8. The largest absolute Gasteiger partial charge is 0.467 e. The number of benzene rings is 1. The minimum absolute atomic E-state index is 0.182. The van der Waals surface area contributed by atoms with Gasteiger partial charge in [-0.15, -0.1) is 0 Å². The highest BCUT2D eigenvalue weighted by Crippen LogP contribution is 2.23. The van der Waals surface area contributed by atoms with Crippen molar-refractivity contribution in [3.05, 3.63) is 77.9 Å². The molecule has 1 aliphatic heterocycles. The van der Waals surface area contributed by atoms with Crippen LogP contribution in [0.3, 0.4) is 0 Å². The fourth-order valence-corrected chi connectivity index (χ4v) is 4.28. The lowest BCUT2D eigenvalue weighted by Gasteiger charge is -2.35. The first-order valence-corrected chi connectivity index (χ1v) is 11.5. The summed E-state index contributed by atoms with van der Waals surface area (Å²) >= 11 is 0. The first-order valence-electron chi connectivity index (χ1n) is 11.5. The molecule has 0 atom stereocenters. The lowest BCUT2D eigenvalue weighted by atomic mass is 10.0. The summed E-state index contributed by atoms with van der Waals surface area (Å²) in [7, 11) is 0. The predicted octanol–water partition coefficient (Wildman–Crippen LogP) is 4.40. The van der Waals surface area contributed by atoms with E-state index >= 15 is 0 Å². The number of piperazine rings is 1. The third kappa shape index (κ3) is 6.42. The summed E-state index contributed by atoms with van der Waals surface area (Å²) in [6.07, 6.45) is 12.7. The number of hydrogen-bond acceptors (Lipinski definition) is 4. The van der Waals surface area contributed by atoms with E-state index in [0.717, 1.165) is 63.4 Å². The second-order valence-electron chi connectivity index (χ2n) is 8.39. The summed E-state index contributed by atoms with van der Waals surface area (Å²) in [6.45, 7) is 5.81.